The van der Waals surface area contributed by atoms with Crippen molar-refractivity contribution in [3.8, 4) is 11.5 Å². The van der Waals surface area contributed by atoms with Crippen LogP contribution in [0.1, 0.15) is 12.8 Å². The topological polar surface area (TPSA) is 102 Å². The molecule has 2 aromatic carbocycles. The van der Waals surface area contributed by atoms with Crippen molar-refractivity contribution in [2.24, 2.45) is 5.92 Å². The summed E-state index contributed by atoms with van der Waals surface area (Å²) in [5.74, 6) is -0.0537. The predicted octanol–water partition coefficient (Wildman–Crippen LogP) is 2.06. The number of ether oxygens (including phenoxy) is 3. The van der Waals surface area contributed by atoms with Gasteiger partial charge in [0.05, 0.1) is 31.3 Å². The molecule has 0 radical (unpaired) electrons. The van der Waals surface area contributed by atoms with Gasteiger partial charge in [0, 0.05) is 19.0 Å². The lowest BCUT2D eigenvalue weighted by molar-refractivity contribution is -0.148. The first kappa shape index (κ1) is 23.1. The summed E-state index contributed by atoms with van der Waals surface area (Å²) in [5.41, 5.74) is 0.593. The third-order valence-corrected chi connectivity index (χ3v) is 7.92. The number of benzene rings is 2. The number of carbonyl (C=O) groups excluding carboxylic acids is 2. The number of anilines is 1. The molecule has 1 unspecified atom stereocenters. The van der Waals surface area contributed by atoms with E-state index in [4.69, 9.17) is 14.2 Å². The second kappa shape index (κ2) is 9.40. The molecular formula is C23H26N2O7S. The van der Waals surface area contributed by atoms with Gasteiger partial charge in [-0.3, -0.25) is 4.79 Å². The number of carbonyl (C=O) groups is 2. The van der Waals surface area contributed by atoms with Crippen LogP contribution in [-0.4, -0.2) is 64.6 Å². The lowest BCUT2D eigenvalue weighted by Gasteiger charge is -2.37. The summed E-state index contributed by atoms with van der Waals surface area (Å²) in [6.07, 6.45) is -0.142. The van der Waals surface area contributed by atoms with Crippen LogP contribution in [0.25, 0.3) is 0 Å². The second-order valence-electron chi connectivity index (χ2n) is 7.90. The molecule has 1 atom stereocenters. The Kier molecular flexibility index (Phi) is 6.57. The van der Waals surface area contributed by atoms with Crippen molar-refractivity contribution in [2.45, 2.75) is 23.8 Å². The van der Waals surface area contributed by atoms with Crippen molar-refractivity contribution in [1.82, 2.24) is 4.31 Å². The van der Waals surface area contributed by atoms with Crippen molar-refractivity contribution in [2.75, 3.05) is 38.8 Å². The van der Waals surface area contributed by atoms with Gasteiger partial charge in [0.25, 0.3) is 0 Å². The van der Waals surface area contributed by atoms with Crippen molar-refractivity contribution >= 4 is 27.6 Å². The van der Waals surface area contributed by atoms with E-state index < -0.39 is 22.1 Å². The SMILES string of the molecule is COC(=O)C1CN(C(=O)C2CCN(S(=O)(=O)c3ccc(OC)cc3)CC2)c2ccccc2O1. The molecule has 2 aromatic rings. The summed E-state index contributed by atoms with van der Waals surface area (Å²) in [4.78, 5) is 27.2. The second-order valence-corrected chi connectivity index (χ2v) is 9.84. The number of sulfonamides is 1. The average molecular weight is 475 g/mol. The fourth-order valence-corrected chi connectivity index (χ4v) is 5.63. The Morgan fingerprint density at radius 3 is 2.30 bits per heavy atom. The van der Waals surface area contributed by atoms with Gasteiger partial charge in [-0.1, -0.05) is 12.1 Å². The van der Waals surface area contributed by atoms with Crippen LogP contribution in [0.15, 0.2) is 53.4 Å². The Labute approximate surface area is 192 Å². The maximum absolute atomic E-state index is 13.4. The highest BCUT2D eigenvalue weighted by Crippen LogP contribution is 2.36. The van der Waals surface area contributed by atoms with Gasteiger partial charge < -0.3 is 19.1 Å². The van der Waals surface area contributed by atoms with Crippen LogP contribution in [0, 0.1) is 5.92 Å². The normalized spacial score (nSPS) is 19.3. The fourth-order valence-electron chi connectivity index (χ4n) is 4.16. The summed E-state index contributed by atoms with van der Waals surface area (Å²) in [6.45, 7) is 0.515. The highest BCUT2D eigenvalue weighted by Gasteiger charge is 2.39. The average Bonchev–Trinajstić information content (AvgIpc) is 2.87. The summed E-state index contributed by atoms with van der Waals surface area (Å²) in [5, 5.41) is 0. The molecule has 0 N–H and O–H groups in total. The van der Waals surface area contributed by atoms with E-state index in [-0.39, 0.29) is 36.4 Å². The van der Waals surface area contributed by atoms with Crippen molar-refractivity contribution in [3.63, 3.8) is 0 Å². The van der Waals surface area contributed by atoms with Gasteiger partial charge in [-0.2, -0.15) is 4.31 Å². The zero-order chi connectivity index (χ0) is 23.6. The number of rotatable bonds is 5. The molecule has 1 fully saturated rings. The molecule has 1 amide bonds. The van der Waals surface area contributed by atoms with E-state index >= 15 is 0 Å². The first-order chi connectivity index (χ1) is 15.8. The molecule has 10 heteroatoms. The molecule has 2 heterocycles. The smallest absolute Gasteiger partial charge is 0.348 e. The summed E-state index contributed by atoms with van der Waals surface area (Å²) < 4.78 is 43.0. The Morgan fingerprint density at radius 1 is 1.00 bits per heavy atom. The summed E-state index contributed by atoms with van der Waals surface area (Å²) >= 11 is 0. The molecule has 0 aromatic heterocycles. The quantitative estimate of drug-likeness (QED) is 0.611. The molecule has 0 saturated carbocycles. The van der Waals surface area contributed by atoms with Gasteiger partial charge in [0.15, 0.2) is 0 Å². The number of fused-ring (bicyclic) bond motifs is 1. The summed E-state index contributed by atoms with van der Waals surface area (Å²) in [6, 6.07) is 13.3. The van der Waals surface area contributed by atoms with E-state index in [1.807, 2.05) is 0 Å². The highest BCUT2D eigenvalue weighted by molar-refractivity contribution is 7.89. The number of amides is 1. The largest absolute Gasteiger partial charge is 0.497 e. The number of esters is 1. The molecular weight excluding hydrogens is 448 g/mol. The minimum Gasteiger partial charge on any atom is -0.497 e. The van der Waals surface area contributed by atoms with Crippen LogP contribution in [0.5, 0.6) is 11.5 Å². The minimum atomic E-state index is -3.66. The van der Waals surface area contributed by atoms with E-state index in [1.54, 1.807) is 41.3 Å². The number of methoxy groups -OCH3 is 2. The molecule has 1 saturated heterocycles. The molecule has 2 aliphatic rings. The minimum absolute atomic E-state index is 0.0485. The monoisotopic (exact) mass is 474 g/mol. The van der Waals surface area contributed by atoms with Gasteiger partial charge in [-0.25, -0.2) is 13.2 Å². The number of nitrogens with zero attached hydrogens (tertiary/aromatic N) is 2. The highest BCUT2D eigenvalue weighted by atomic mass is 32.2. The maximum atomic E-state index is 13.4. The van der Waals surface area contributed by atoms with Gasteiger partial charge in [-0.15, -0.1) is 0 Å². The van der Waals surface area contributed by atoms with Crippen molar-refractivity contribution in [3.05, 3.63) is 48.5 Å². The predicted molar refractivity (Wildman–Crippen MR) is 120 cm³/mol. The molecule has 9 nitrogen and oxygen atoms in total. The van der Waals surface area contributed by atoms with Crippen LogP contribution in [0.4, 0.5) is 5.69 Å². The Bertz CT molecular complexity index is 1130. The van der Waals surface area contributed by atoms with Gasteiger partial charge in [0.2, 0.25) is 22.0 Å². The lowest BCUT2D eigenvalue weighted by Crippen LogP contribution is -2.51. The van der Waals surface area contributed by atoms with Crippen molar-refractivity contribution in [1.29, 1.82) is 0 Å². The third-order valence-electron chi connectivity index (χ3n) is 6.00. The number of hydrogen-bond donors (Lipinski definition) is 0. The molecule has 33 heavy (non-hydrogen) atoms. The van der Waals surface area contributed by atoms with E-state index in [0.29, 0.717) is 30.0 Å². The molecule has 0 spiro atoms. The fraction of sp³-hybridized carbons (Fsp3) is 0.391. The van der Waals surface area contributed by atoms with E-state index in [0.717, 1.165) is 0 Å². The first-order valence-corrected chi connectivity index (χ1v) is 12.1. The maximum Gasteiger partial charge on any atom is 0.348 e. The summed E-state index contributed by atoms with van der Waals surface area (Å²) in [7, 11) is -0.867. The van der Waals surface area contributed by atoms with Gasteiger partial charge in [-0.05, 0) is 49.2 Å². The molecule has 176 valence electrons. The number of para-hydroxylation sites is 2. The third kappa shape index (κ3) is 4.53. The van der Waals surface area contributed by atoms with Crippen molar-refractivity contribution < 1.29 is 32.2 Å². The first-order valence-electron chi connectivity index (χ1n) is 10.6. The van der Waals surface area contributed by atoms with Gasteiger partial charge >= 0.3 is 5.97 Å². The lowest BCUT2D eigenvalue weighted by atomic mass is 9.95. The van der Waals surface area contributed by atoms with Gasteiger partial charge in [0.1, 0.15) is 11.5 Å². The van der Waals surface area contributed by atoms with Crippen LogP contribution in [-0.2, 0) is 24.3 Å². The Hall–Kier alpha value is -3.11. The van der Waals surface area contributed by atoms with E-state index in [9.17, 15) is 18.0 Å². The van der Waals surface area contributed by atoms with E-state index in [2.05, 4.69) is 0 Å². The zero-order valence-corrected chi connectivity index (χ0v) is 19.3. The number of piperidine rings is 1. The number of hydrogen-bond acceptors (Lipinski definition) is 7. The van der Waals surface area contributed by atoms with Crippen LogP contribution >= 0.6 is 0 Å². The van der Waals surface area contributed by atoms with Crippen LogP contribution < -0.4 is 14.4 Å². The van der Waals surface area contributed by atoms with Crippen LogP contribution in [0.2, 0.25) is 0 Å². The molecule has 0 bridgehead atoms. The van der Waals surface area contributed by atoms with E-state index in [1.165, 1.54) is 30.7 Å². The molecule has 4 rings (SSSR count). The molecule has 0 aliphatic carbocycles. The Balaban J connectivity index is 1.47. The Morgan fingerprint density at radius 2 is 1.67 bits per heavy atom. The standard InChI is InChI=1S/C23H26N2O7S/c1-30-17-7-9-18(10-8-17)33(28,29)24-13-11-16(12-14-24)22(26)25-15-21(23(27)31-2)32-20-6-4-3-5-19(20)25/h3-10,16,21H,11-15H2,1-2H3. The molecule has 2 aliphatic heterocycles. The zero-order valence-electron chi connectivity index (χ0n) is 18.5. The van der Waals surface area contributed by atoms with Crippen LogP contribution in [0.3, 0.4) is 0 Å².